The lowest BCUT2D eigenvalue weighted by Gasteiger charge is -2.45. The molecule has 0 aromatic heterocycles. The predicted molar refractivity (Wildman–Crippen MR) is 281 cm³/mol. The number of phosphoric acid groups is 1. The van der Waals surface area contributed by atoms with Crippen LogP contribution in [0.3, 0.4) is 0 Å². The number of hydrogen-bond donors (Lipinski definition) is 10. The normalized spacial score (nSPS) is 25.1. The average Bonchev–Trinajstić information content (AvgIpc) is 3.35. The van der Waals surface area contributed by atoms with Crippen molar-refractivity contribution < 1.29 is 82.8 Å². The number of aliphatic hydroxyl groups excluding tert-OH is 6. The topological polar surface area (TPSA) is 300 Å². The summed E-state index contributed by atoms with van der Waals surface area (Å²) in [5.74, 6) is -1.84. The second kappa shape index (κ2) is 41.2. The highest BCUT2D eigenvalue weighted by molar-refractivity contribution is 7.46. The lowest BCUT2D eigenvalue weighted by atomic mass is 9.95. The van der Waals surface area contributed by atoms with E-state index in [1.54, 1.807) is 0 Å². The quantitative estimate of drug-likeness (QED) is 0.0160. The van der Waals surface area contributed by atoms with E-state index in [1.807, 2.05) is 0 Å². The minimum atomic E-state index is -5.31. The summed E-state index contributed by atoms with van der Waals surface area (Å²) in [5.41, 5.74) is 0. The van der Waals surface area contributed by atoms with Crippen molar-refractivity contribution in [1.29, 1.82) is 0 Å². The van der Waals surface area contributed by atoms with Gasteiger partial charge in [0.1, 0.15) is 54.8 Å². The molecule has 2 rings (SSSR count). The van der Waals surface area contributed by atoms with Gasteiger partial charge < -0.3 is 70.0 Å². The zero-order chi connectivity index (χ0) is 54.6. The number of hydrogen-bond acceptors (Lipinski definition) is 15. The number of ether oxygens (including phenoxy) is 4. The highest BCUT2D eigenvalue weighted by Gasteiger charge is 2.51. The molecule has 2 fully saturated rings. The van der Waals surface area contributed by atoms with E-state index in [9.17, 15) is 59.4 Å². The molecule has 19 nitrogen and oxygen atoms in total. The molecular weight excluding hydrogens is 980 g/mol. The fraction of sp³-hybridized carbons (Fsp3) is 0.944. The van der Waals surface area contributed by atoms with Crippen molar-refractivity contribution in [1.82, 2.24) is 10.6 Å². The van der Waals surface area contributed by atoms with Crippen LogP contribution >= 0.6 is 7.82 Å². The van der Waals surface area contributed by atoms with Gasteiger partial charge in [-0.3, -0.25) is 18.9 Å². The van der Waals surface area contributed by atoms with Gasteiger partial charge in [-0.25, -0.2) is 4.57 Å². The number of aliphatic hydroxyl groups is 6. The van der Waals surface area contributed by atoms with E-state index >= 15 is 0 Å². The van der Waals surface area contributed by atoms with Crippen molar-refractivity contribution >= 4 is 25.6 Å². The molecule has 20 heteroatoms. The Labute approximate surface area is 443 Å². The molecule has 0 bridgehead atoms. The highest BCUT2D eigenvalue weighted by atomic mass is 31.2. The first-order valence-corrected chi connectivity index (χ1v) is 30.5. The minimum absolute atomic E-state index is 0.191. The molecule has 2 saturated heterocycles. The maximum atomic E-state index is 13.9. The largest absolute Gasteiger partial charge is 0.470 e. The zero-order valence-corrected chi connectivity index (χ0v) is 46.5. The molecule has 2 heterocycles. The third-order valence-electron chi connectivity index (χ3n) is 14.3. The monoisotopic (exact) mass is 1080 g/mol. The third kappa shape index (κ3) is 30.3. The van der Waals surface area contributed by atoms with Crippen molar-refractivity contribution in [3.05, 3.63) is 0 Å². The number of carbonyl (C=O) groups is 3. The lowest BCUT2D eigenvalue weighted by molar-refractivity contribution is -0.296. The van der Waals surface area contributed by atoms with Crippen molar-refractivity contribution in [2.24, 2.45) is 0 Å². The maximum absolute atomic E-state index is 13.9. The van der Waals surface area contributed by atoms with Crippen molar-refractivity contribution in [3.63, 3.8) is 0 Å². The van der Waals surface area contributed by atoms with Crippen LogP contribution in [0.1, 0.15) is 239 Å². The number of unbranched alkanes of at least 4 members (excludes halogenated alkanes) is 26. The van der Waals surface area contributed by atoms with Crippen molar-refractivity contribution in [3.8, 4) is 0 Å². The van der Waals surface area contributed by atoms with E-state index < -0.39 is 112 Å². The summed E-state index contributed by atoms with van der Waals surface area (Å²) in [6.07, 6.45) is 16.2. The molecule has 0 aromatic rings. The van der Waals surface area contributed by atoms with Gasteiger partial charge in [-0.2, -0.15) is 0 Å². The van der Waals surface area contributed by atoms with Crippen molar-refractivity contribution in [2.45, 2.75) is 313 Å². The lowest BCUT2D eigenvalue weighted by Crippen LogP contribution is -2.67. The average molecular weight is 1080 g/mol. The van der Waals surface area contributed by atoms with E-state index in [0.717, 1.165) is 70.6 Å². The van der Waals surface area contributed by atoms with Gasteiger partial charge in [0.25, 0.3) is 0 Å². The molecule has 0 spiro atoms. The second-order valence-electron chi connectivity index (χ2n) is 21.0. The van der Waals surface area contributed by atoms with Crippen LogP contribution in [-0.2, 0) is 42.4 Å². The molecule has 436 valence electrons. The summed E-state index contributed by atoms with van der Waals surface area (Å²) in [7, 11) is -5.31. The predicted octanol–water partition coefficient (Wildman–Crippen LogP) is 7.56. The molecule has 0 aromatic carbocycles. The summed E-state index contributed by atoms with van der Waals surface area (Å²) in [6.45, 7) is 4.97. The maximum Gasteiger partial charge on any atom is 0.470 e. The number of amides is 2. The molecular formula is C54H103N2O17P. The summed E-state index contributed by atoms with van der Waals surface area (Å²) in [5, 5.41) is 70.2. The van der Waals surface area contributed by atoms with Gasteiger partial charge in [-0.1, -0.05) is 194 Å². The summed E-state index contributed by atoms with van der Waals surface area (Å²) in [4.78, 5) is 59.2. The summed E-state index contributed by atoms with van der Waals surface area (Å²) < 4.78 is 39.9. The Morgan fingerprint density at radius 2 is 1.00 bits per heavy atom. The van der Waals surface area contributed by atoms with Gasteiger partial charge in [0, 0.05) is 6.42 Å². The van der Waals surface area contributed by atoms with Gasteiger partial charge in [0.15, 0.2) is 12.6 Å². The van der Waals surface area contributed by atoms with Gasteiger partial charge >= 0.3 is 13.8 Å². The first-order chi connectivity index (χ1) is 35.5. The number of phosphoric ester groups is 1. The van der Waals surface area contributed by atoms with Crippen LogP contribution in [0.4, 0.5) is 0 Å². The SMILES string of the molecule is CCCCCCCCCCCCCC(=O)O[C@H](CCCCCCCCCCC)CC(=O)N[C@H]1C(O)[C@H](OP(=O)(O)O)C(CO)O[C@H]1OCC1O[C@H](O)C(NC(=O)C[C@H](O)CCCCCCCCCCC)[C@@H](O)[C@@H]1O. The van der Waals surface area contributed by atoms with Crippen LogP contribution < -0.4 is 10.6 Å². The van der Waals surface area contributed by atoms with Crippen LogP contribution in [0.15, 0.2) is 0 Å². The molecule has 74 heavy (non-hydrogen) atoms. The molecule has 2 aliphatic rings. The third-order valence-corrected chi connectivity index (χ3v) is 14.8. The summed E-state index contributed by atoms with van der Waals surface area (Å²) >= 11 is 0. The van der Waals surface area contributed by atoms with E-state index in [2.05, 4.69) is 31.4 Å². The van der Waals surface area contributed by atoms with Crippen LogP contribution in [0.5, 0.6) is 0 Å². The first kappa shape index (κ1) is 68.3. The fourth-order valence-electron chi connectivity index (χ4n) is 9.85. The van der Waals surface area contributed by atoms with E-state index in [0.29, 0.717) is 25.7 Å². The van der Waals surface area contributed by atoms with Crippen LogP contribution in [0.2, 0.25) is 0 Å². The Morgan fingerprint density at radius 3 is 1.49 bits per heavy atom. The zero-order valence-electron chi connectivity index (χ0n) is 45.6. The first-order valence-electron chi connectivity index (χ1n) is 29.0. The standard InChI is InChI=1S/C54H103N2O17P/c1-4-7-10-13-16-19-20-23-26-29-32-35-46(61)70-41(34-31-28-25-22-18-15-12-9-6-3)37-45(60)56-48-51(64)52(73-74(66,67)68)42(38-57)72-54(48)69-39-43-49(62)50(63)47(53(65)71-43)55-44(59)36-40(58)33-30-27-24-21-17-14-11-8-5-2/h40-43,47-54,57-58,62-65H,4-39H2,1-3H3,(H,55,59)(H,56,60)(H2,66,67,68)/t40-,41-,42?,43?,47?,48+,49-,50-,51?,52-,53+,54-/m1/s1. The Kier molecular flexibility index (Phi) is 38.0. The molecule has 0 aliphatic carbocycles. The Morgan fingerprint density at radius 1 is 0.554 bits per heavy atom. The van der Waals surface area contributed by atoms with E-state index in [4.69, 9.17) is 23.5 Å². The number of nitrogens with one attached hydrogen (secondary N) is 2. The van der Waals surface area contributed by atoms with Gasteiger partial charge in [-0.15, -0.1) is 0 Å². The number of rotatable bonds is 45. The molecule has 2 aliphatic heterocycles. The molecule has 12 atom stereocenters. The van der Waals surface area contributed by atoms with Crippen LogP contribution in [-0.4, -0.2) is 145 Å². The van der Waals surface area contributed by atoms with E-state index in [1.165, 1.54) is 103 Å². The Hall–Kier alpha value is -1.84. The molecule has 0 radical (unpaired) electrons. The van der Waals surface area contributed by atoms with Crippen LogP contribution in [0.25, 0.3) is 0 Å². The second-order valence-corrected chi connectivity index (χ2v) is 22.2. The minimum Gasteiger partial charge on any atom is -0.462 e. The van der Waals surface area contributed by atoms with Gasteiger partial charge in [0.05, 0.1) is 32.2 Å². The summed E-state index contributed by atoms with van der Waals surface area (Å²) in [6, 6.07) is -3.12. The smallest absolute Gasteiger partial charge is 0.462 e. The van der Waals surface area contributed by atoms with Gasteiger partial charge in [0.2, 0.25) is 11.8 Å². The molecule has 0 saturated carbocycles. The Balaban J connectivity index is 2.07. The molecule has 2 amide bonds. The van der Waals surface area contributed by atoms with Gasteiger partial charge in [-0.05, 0) is 25.7 Å². The Bertz CT molecular complexity index is 1500. The molecule has 4 unspecified atom stereocenters. The number of esters is 1. The highest BCUT2D eigenvalue weighted by Crippen LogP contribution is 2.41. The van der Waals surface area contributed by atoms with Crippen molar-refractivity contribution in [2.75, 3.05) is 13.2 Å². The number of carbonyl (C=O) groups excluding carboxylic acids is 3. The fourth-order valence-corrected chi connectivity index (χ4v) is 10.4. The molecule has 10 N–H and O–H groups in total. The van der Waals surface area contributed by atoms with E-state index in [-0.39, 0.29) is 19.3 Å². The van der Waals surface area contributed by atoms with Crippen LogP contribution in [0, 0.1) is 0 Å².